The van der Waals surface area contributed by atoms with Crippen LogP contribution in [-0.4, -0.2) is 23.9 Å². The summed E-state index contributed by atoms with van der Waals surface area (Å²) in [5, 5.41) is 2.96. The van der Waals surface area contributed by atoms with Gasteiger partial charge in [0.15, 0.2) is 0 Å². The van der Waals surface area contributed by atoms with Crippen LogP contribution in [0.15, 0.2) is 48.5 Å². The highest BCUT2D eigenvalue weighted by molar-refractivity contribution is 5.99. The van der Waals surface area contributed by atoms with Gasteiger partial charge in [0.25, 0.3) is 5.91 Å². The molecule has 0 unspecified atom stereocenters. The smallest absolute Gasteiger partial charge is 0.253 e. The first-order valence-electron chi connectivity index (χ1n) is 7.88. The van der Waals surface area contributed by atoms with E-state index in [1.54, 1.807) is 12.1 Å². The van der Waals surface area contributed by atoms with Crippen LogP contribution in [0.1, 0.15) is 35.3 Å². The molecule has 0 aliphatic heterocycles. The average molecular weight is 311 g/mol. The Kier molecular flexibility index (Phi) is 5.77. The van der Waals surface area contributed by atoms with E-state index in [0.717, 1.165) is 12.1 Å². The quantitative estimate of drug-likeness (QED) is 0.806. The first kappa shape index (κ1) is 17.0. The van der Waals surface area contributed by atoms with Crippen LogP contribution in [0, 0.1) is 0 Å². The molecule has 2 aromatic rings. The Hall–Kier alpha value is -2.33. The van der Waals surface area contributed by atoms with Gasteiger partial charge in [-0.15, -0.1) is 0 Å². The van der Waals surface area contributed by atoms with Crippen molar-refractivity contribution in [1.82, 2.24) is 10.2 Å². The third-order valence-electron chi connectivity index (χ3n) is 4.06. The normalized spacial score (nSPS) is 11.0. The average Bonchev–Trinajstić information content (AvgIpc) is 2.54. The van der Waals surface area contributed by atoms with Crippen LogP contribution in [0.3, 0.4) is 0 Å². The highest BCUT2D eigenvalue weighted by Crippen LogP contribution is 2.14. The van der Waals surface area contributed by atoms with Crippen molar-refractivity contribution in [3.8, 4) is 0 Å². The fourth-order valence-corrected chi connectivity index (χ4v) is 2.31. The molecule has 4 nitrogen and oxygen atoms in total. The predicted octanol–water partition coefficient (Wildman–Crippen LogP) is 3.04. The maximum atomic E-state index is 12.3. The molecule has 0 heterocycles. The molecular formula is C19H25N3O. The van der Waals surface area contributed by atoms with Crippen molar-refractivity contribution in [3.63, 3.8) is 0 Å². The number of carbonyl (C=O) groups excluding carboxylic acids is 1. The third-order valence-corrected chi connectivity index (χ3v) is 4.06. The number of hydrogen-bond donors (Lipinski definition) is 2. The molecule has 0 aliphatic carbocycles. The van der Waals surface area contributed by atoms with E-state index >= 15 is 0 Å². The Bertz CT molecular complexity index is 667. The zero-order chi connectivity index (χ0) is 16.8. The number of nitrogen functional groups attached to an aromatic ring is 1. The fourth-order valence-electron chi connectivity index (χ4n) is 2.31. The van der Waals surface area contributed by atoms with Crippen LogP contribution in [0.4, 0.5) is 5.69 Å². The van der Waals surface area contributed by atoms with Crippen LogP contribution < -0.4 is 11.1 Å². The molecule has 0 spiro atoms. The number of nitrogens with zero attached hydrogens (tertiary/aromatic N) is 1. The molecule has 0 saturated heterocycles. The molecular weight excluding hydrogens is 286 g/mol. The summed E-state index contributed by atoms with van der Waals surface area (Å²) in [5.74, 6) is -0.143. The summed E-state index contributed by atoms with van der Waals surface area (Å²) in [5.41, 5.74) is 9.22. The maximum Gasteiger partial charge on any atom is 0.253 e. The van der Waals surface area contributed by atoms with Gasteiger partial charge in [-0.2, -0.15) is 0 Å². The van der Waals surface area contributed by atoms with Crippen molar-refractivity contribution < 1.29 is 4.79 Å². The molecule has 2 rings (SSSR count). The number of rotatable bonds is 6. The zero-order valence-electron chi connectivity index (χ0n) is 14.0. The van der Waals surface area contributed by atoms with Crippen LogP contribution in [0.2, 0.25) is 0 Å². The largest absolute Gasteiger partial charge is 0.398 e. The summed E-state index contributed by atoms with van der Waals surface area (Å²) in [4.78, 5) is 14.6. The van der Waals surface area contributed by atoms with E-state index in [0.29, 0.717) is 23.8 Å². The van der Waals surface area contributed by atoms with E-state index < -0.39 is 0 Å². The van der Waals surface area contributed by atoms with Gasteiger partial charge in [0.1, 0.15) is 0 Å². The highest BCUT2D eigenvalue weighted by Gasteiger charge is 2.11. The van der Waals surface area contributed by atoms with E-state index in [-0.39, 0.29) is 5.91 Å². The summed E-state index contributed by atoms with van der Waals surface area (Å²) in [6.45, 7) is 5.69. The van der Waals surface area contributed by atoms with Gasteiger partial charge in [0.2, 0.25) is 0 Å². The predicted molar refractivity (Wildman–Crippen MR) is 95.1 cm³/mol. The fraction of sp³-hybridized carbons (Fsp3) is 0.316. The van der Waals surface area contributed by atoms with Crippen molar-refractivity contribution >= 4 is 11.6 Å². The summed E-state index contributed by atoms with van der Waals surface area (Å²) in [6, 6.07) is 15.8. The molecule has 3 N–H and O–H groups in total. The molecule has 23 heavy (non-hydrogen) atoms. The molecule has 4 heteroatoms. The molecule has 0 atom stereocenters. The van der Waals surface area contributed by atoms with Crippen LogP contribution in [0.5, 0.6) is 0 Å². The van der Waals surface area contributed by atoms with Gasteiger partial charge in [-0.3, -0.25) is 9.69 Å². The number of nitrogens with one attached hydrogen (secondary N) is 1. The third kappa shape index (κ3) is 4.57. The number of benzene rings is 2. The van der Waals surface area contributed by atoms with E-state index in [9.17, 15) is 4.79 Å². The number of nitrogens with two attached hydrogens (primary N) is 1. The molecule has 2 aromatic carbocycles. The Morgan fingerprint density at radius 1 is 1.09 bits per heavy atom. The molecule has 0 aromatic heterocycles. The first-order chi connectivity index (χ1) is 11.0. The van der Waals surface area contributed by atoms with Gasteiger partial charge in [-0.05, 0) is 44.2 Å². The van der Waals surface area contributed by atoms with Gasteiger partial charge in [0.05, 0.1) is 5.56 Å². The lowest BCUT2D eigenvalue weighted by atomic mass is 10.1. The molecule has 1 amide bonds. The number of amides is 1. The van der Waals surface area contributed by atoms with Gasteiger partial charge in [-0.1, -0.05) is 36.4 Å². The SMILES string of the molecule is CC(C)N(C)Cc1ccccc1CNC(=O)c1ccccc1N. The van der Waals surface area contributed by atoms with E-state index in [1.165, 1.54) is 5.56 Å². The Balaban J connectivity index is 2.06. The van der Waals surface area contributed by atoms with Crippen molar-refractivity contribution in [3.05, 3.63) is 65.2 Å². The second-order valence-electron chi connectivity index (χ2n) is 6.05. The first-order valence-corrected chi connectivity index (χ1v) is 7.88. The molecule has 0 radical (unpaired) electrons. The Morgan fingerprint density at radius 2 is 1.70 bits per heavy atom. The van der Waals surface area contributed by atoms with E-state index in [1.807, 2.05) is 24.3 Å². The second-order valence-corrected chi connectivity index (χ2v) is 6.05. The molecule has 0 fully saturated rings. The van der Waals surface area contributed by atoms with Gasteiger partial charge >= 0.3 is 0 Å². The number of carbonyl (C=O) groups is 1. The maximum absolute atomic E-state index is 12.3. The molecule has 122 valence electrons. The standard InChI is InChI=1S/C19H25N3O/c1-14(2)22(3)13-16-9-5-4-8-15(16)12-21-19(23)17-10-6-7-11-18(17)20/h4-11,14H,12-13,20H2,1-3H3,(H,21,23). The van der Waals surface area contributed by atoms with E-state index in [2.05, 4.69) is 43.2 Å². The minimum atomic E-state index is -0.143. The van der Waals surface area contributed by atoms with Crippen molar-refractivity contribution in [2.45, 2.75) is 33.0 Å². The Labute approximate surface area is 138 Å². The van der Waals surface area contributed by atoms with Crippen LogP contribution >= 0.6 is 0 Å². The van der Waals surface area contributed by atoms with Crippen molar-refractivity contribution in [1.29, 1.82) is 0 Å². The summed E-state index contributed by atoms with van der Waals surface area (Å²) >= 11 is 0. The van der Waals surface area contributed by atoms with Gasteiger partial charge < -0.3 is 11.1 Å². The summed E-state index contributed by atoms with van der Waals surface area (Å²) < 4.78 is 0. The summed E-state index contributed by atoms with van der Waals surface area (Å²) in [6.07, 6.45) is 0. The van der Waals surface area contributed by atoms with Crippen LogP contribution in [0.25, 0.3) is 0 Å². The lowest BCUT2D eigenvalue weighted by Gasteiger charge is -2.22. The minimum Gasteiger partial charge on any atom is -0.398 e. The topological polar surface area (TPSA) is 58.4 Å². The van der Waals surface area contributed by atoms with Crippen molar-refractivity contribution in [2.75, 3.05) is 12.8 Å². The summed E-state index contributed by atoms with van der Waals surface area (Å²) in [7, 11) is 2.10. The number of anilines is 1. The lowest BCUT2D eigenvalue weighted by Crippen LogP contribution is -2.28. The van der Waals surface area contributed by atoms with Crippen molar-refractivity contribution in [2.24, 2.45) is 0 Å². The zero-order valence-corrected chi connectivity index (χ0v) is 14.0. The van der Waals surface area contributed by atoms with Crippen LogP contribution in [-0.2, 0) is 13.1 Å². The highest BCUT2D eigenvalue weighted by atomic mass is 16.1. The number of para-hydroxylation sites is 1. The molecule has 0 aliphatic rings. The van der Waals surface area contributed by atoms with Gasteiger partial charge in [-0.25, -0.2) is 0 Å². The van der Waals surface area contributed by atoms with E-state index in [4.69, 9.17) is 5.73 Å². The Morgan fingerprint density at radius 3 is 2.35 bits per heavy atom. The second kappa shape index (κ2) is 7.79. The minimum absolute atomic E-state index is 0.143. The number of hydrogen-bond acceptors (Lipinski definition) is 3. The van der Waals surface area contributed by atoms with Gasteiger partial charge in [0, 0.05) is 24.8 Å². The molecule has 0 bridgehead atoms. The molecule has 0 saturated carbocycles. The lowest BCUT2D eigenvalue weighted by molar-refractivity contribution is 0.0951. The monoisotopic (exact) mass is 311 g/mol.